The van der Waals surface area contributed by atoms with Gasteiger partial charge in [0.25, 0.3) is 0 Å². The van der Waals surface area contributed by atoms with Gasteiger partial charge in [-0.15, -0.1) is 19.7 Å². The van der Waals surface area contributed by atoms with Crippen LogP contribution in [-0.2, 0) is 11.5 Å². The highest BCUT2D eigenvalue weighted by molar-refractivity contribution is 6.16. The molecule has 0 nitrogen and oxygen atoms in total. The Morgan fingerprint density at radius 2 is 1.59 bits per heavy atom. The van der Waals surface area contributed by atoms with Crippen LogP contribution in [0.25, 0.3) is 0 Å². The van der Waals surface area contributed by atoms with Crippen LogP contribution < -0.4 is 0 Å². The summed E-state index contributed by atoms with van der Waals surface area (Å²) in [5.41, 5.74) is 2.84. The maximum atomic E-state index is 3.90. The van der Waals surface area contributed by atoms with E-state index >= 15 is 0 Å². The molecule has 0 bridgehead atoms. The Morgan fingerprint density at radius 1 is 1.00 bits per heavy atom. The maximum absolute atomic E-state index is 3.90. The molecular formula is C16H22Si. The highest BCUT2D eigenvalue weighted by atomic mass is 28.1. The van der Waals surface area contributed by atoms with Crippen LogP contribution in [0.1, 0.15) is 24.0 Å². The van der Waals surface area contributed by atoms with Crippen molar-refractivity contribution in [2.75, 3.05) is 0 Å². The fraction of sp³-hybridized carbons (Fsp3) is 0.250. The molecule has 0 fully saturated rings. The van der Waals surface area contributed by atoms with E-state index in [0.29, 0.717) is 0 Å². The monoisotopic (exact) mass is 242 g/mol. The van der Waals surface area contributed by atoms with Crippen molar-refractivity contribution < 1.29 is 0 Å². The summed E-state index contributed by atoms with van der Waals surface area (Å²) in [6.45, 7) is 11.6. The Bertz CT molecular complexity index is 394. The minimum Gasteiger partial charge on any atom is -0.103 e. The van der Waals surface area contributed by atoms with Crippen LogP contribution in [0, 0.1) is 0 Å². The van der Waals surface area contributed by atoms with Crippen LogP contribution >= 0.6 is 0 Å². The molecule has 0 aliphatic heterocycles. The Labute approximate surface area is 108 Å². The zero-order chi connectivity index (χ0) is 12.7. The van der Waals surface area contributed by atoms with Gasteiger partial charge in [0.1, 0.15) is 0 Å². The van der Waals surface area contributed by atoms with Gasteiger partial charge >= 0.3 is 0 Å². The second kappa shape index (κ2) is 6.41. The molecule has 0 aromatic heterocycles. The van der Waals surface area contributed by atoms with Gasteiger partial charge in [-0.05, 0) is 35.4 Å². The van der Waals surface area contributed by atoms with Gasteiger partial charge in [0.15, 0.2) is 0 Å². The Kier molecular flexibility index (Phi) is 5.17. The predicted octanol–water partition coefficient (Wildman–Crippen LogP) is 3.13. The molecule has 0 saturated heterocycles. The fourth-order valence-corrected chi connectivity index (χ4v) is 3.45. The molecule has 1 aromatic rings. The first-order valence-electron chi connectivity index (χ1n) is 6.09. The maximum Gasteiger partial charge on any atom is 0.0170 e. The van der Waals surface area contributed by atoms with Gasteiger partial charge in [-0.25, -0.2) is 0 Å². The third-order valence-electron chi connectivity index (χ3n) is 3.22. The van der Waals surface area contributed by atoms with Gasteiger partial charge in [0.05, 0.1) is 0 Å². The smallest absolute Gasteiger partial charge is 0.0170 e. The molecule has 1 rings (SSSR count). The number of rotatable bonds is 7. The average molecular weight is 242 g/mol. The van der Waals surface area contributed by atoms with Crippen molar-refractivity contribution in [1.29, 1.82) is 0 Å². The van der Waals surface area contributed by atoms with Gasteiger partial charge in [-0.2, -0.15) is 0 Å². The van der Waals surface area contributed by atoms with Gasteiger partial charge in [0, 0.05) is 10.2 Å². The molecule has 0 spiro atoms. The van der Waals surface area contributed by atoms with Crippen LogP contribution in [0.15, 0.2) is 62.2 Å². The summed E-state index contributed by atoms with van der Waals surface area (Å²) >= 11 is 0. The van der Waals surface area contributed by atoms with Crippen molar-refractivity contribution in [3.63, 3.8) is 0 Å². The molecule has 0 saturated carbocycles. The third kappa shape index (κ3) is 3.30. The second-order valence-electron chi connectivity index (χ2n) is 4.70. The molecule has 0 heterocycles. The first kappa shape index (κ1) is 13.7. The molecule has 90 valence electrons. The molecule has 0 amide bonds. The van der Waals surface area contributed by atoms with Crippen molar-refractivity contribution >= 4 is 10.2 Å². The van der Waals surface area contributed by atoms with Gasteiger partial charge in [0.2, 0.25) is 0 Å². The highest BCUT2D eigenvalue weighted by Crippen LogP contribution is 2.32. The fourth-order valence-electron chi connectivity index (χ4n) is 2.38. The Balaban J connectivity index is 3.20. The van der Waals surface area contributed by atoms with E-state index in [9.17, 15) is 0 Å². The molecule has 1 heteroatoms. The van der Waals surface area contributed by atoms with Crippen molar-refractivity contribution in [3.05, 3.63) is 73.4 Å². The lowest BCUT2D eigenvalue weighted by atomic mass is 9.86. The van der Waals surface area contributed by atoms with E-state index in [4.69, 9.17) is 0 Å². The number of hydrogen-bond acceptors (Lipinski definition) is 0. The topological polar surface area (TPSA) is 0 Å². The molecule has 1 aromatic carbocycles. The molecule has 0 unspecified atom stereocenters. The SMILES string of the molecule is C=CCc1ccccc1C([SiH3])(CC=C)CC=C. The summed E-state index contributed by atoms with van der Waals surface area (Å²) in [7, 11) is 1.10. The van der Waals surface area contributed by atoms with Crippen LogP contribution in [0.2, 0.25) is 0 Å². The van der Waals surface area contributed by atoms with Crippen LogP contribution in [0.4, 0.5) is 0 Å². The molecule has 0 aliphatic carbocycles. The first-order chi connectivity index (χ1) is 8.18. The molecule has 0 radical (unpaired) electrons. The van der Waals surface area contributed by atoms with Crippen molar-refractivity contribution in [2.45, 2.75) is 24.3 Å². The van der Waals surface area contributed by atoms with Crippen molar-refractivity contribution in [3.8, 4) is 0 Å². The lowest BCUT2D eigenvalue weighted by Gasteiger charge is -2.30. The third-order valence-corrected chi connectivity index (χ3v) is 4.58. The standard InChI is InChI=1S/C16H22Si/c1-4-9-14-10-7-8-11-15(14)16(17,12-5-2)13-6-3/h4-8,10-11H,1-3,9,12-13H2,17H3. The van der Waals surface area contributed by atoms with Gasteiger partial charge in [-0.1, -0.05) is 42.5 Å². The molecular weight excluding hydrogens is 220 g/mol. The van der Waals surface area contributed by atoms with E-state index in [-0.39, 0.29) is 5.04 Å². The second-order valence-corrected chi connectivity index (χ2v) is 6.61. The largest absolute Gasteiger partial charge is 0.103 e. The lowest BCUT2D eigenvalue weighted by Crippen LogP contribution is -2.26. The van der Waals surface area contributed by atoms with Gasteiger partial charge < -0.3 is 0 Å². The van der Waals surface area contributed by atoms with Crippen molar-refractivity contribution in [2.24, 2.45) is 0 Å². The zero-order valence-corrected chi connectivity index (χ0v) is 12.8. The zero-order valence-electron chi connectivity index (χ0n) is 10.8. The molecule has 0 atom stereocenters. The quantitative estimate of drug-likeness (QED) is 0.509. The Morgan fingerprint density at radius 3 is 2.12 bits per heavy atom. The predicted molar refractivity (Wildman–Crippen MR) is 81.6 cm³/mol. The van der Waals surface area contributed by atoms with E-state index in [0.717, 1.165) is 29.5 Å². The van der Waals surface area contributed by atoms with E-state index in [1.54, 1.807) is 0 Å². The number of allylic oxidation sites excluding steroid dienone is 3. The number of hydrogen-bond donors (Lipinski definition) is 0. The lowest BCUT2D eigenvalue weighted by molar-refractivity contribution is 0.622. The van der Waals surface area contributed by atoms with Crippen molar-refractivity contribution in [1.82, 2.24) is 0 Å². The molecule has 17 heavy (non-hydrogen) atoms. The minimum absolute atomic E-state index is 0.239. The summed E-state index contributed by atoms with van der Waals surface area (Å²) in [4.78, 5) is 0. The van der Waals surface area contributed by atoms with Gasteiger partial charge in [-0.3, -0.25) is 0 Å². The van der Waals surface area contributed by atoms with Crippen LogP contribution in [0.3, 0.4) is 0 Å². The first-order valence-corrected chi connectivity index (χ1v) is 7.09. The van der Waals surface area contributed by atoms with E-state index in [1.165, 1.54) is 11.1 Å². The highest BCUT2D eigenvalue weighted by Gasteiger charge is 2.25. The van der Waals surface area contributed by atoms with Crippen LogP contribution in [0.5, 0.6) is 0 Å². The summed E-state index contributed by atoms with van der Waals surface area (Å²) in [6.07, 6.45) is 9.03. The normalized spacial score (nSPS) is 11.1. The number of benzene rings is 1. The van der Waals surface area contributed by atoms with E-state index in [1.807, 2.05) is 18.2 Å². The summed E-state index contributed by atoms with van der Waals surface area (Å²) < 4.78 is 0. The summed E-state index contributed by atoms with van der Waals surface area (Å²) in [6, 6.07) is 8.68. The van der Waals surface area contributed by atoms with E-state index < -0.39 is 0 Å². The minimum atomic E-state index is 0.239. The van der Waals surface area contributed by atoms with E-state index in [2.05, 4.69) is 44.0 Å². The molecule has 0 N–H and O–H groups in total. The van der Waals surface area contributed by atoms with Crippen LogP contribution in [-0.4, -0.2) is 10.2 Å². The summed E-state index contributed by atoms with van der Waals surface area (Å²) in [5, 5.41) is 0.239. The average Bonchev–Trinajstić information content (AvgIpc) is 2.31. The summed E-state index contributed by atoms with van der Waals surface area (Å²) in [5.74, 6) is 0. The molecule has 0 aliphatic rings. The Hall–Kier alpha value is -1.34.